The summed E-state index contributed by atoms with van der Waals surface area (Å²) in [6.07, 6.45) is 1.13. The Morgan fingerprint density at radius 2 is 2.08 bits per heavy atom. The van der Waals surface area contributed by atoms with Crippen molar-refractivity contribution in [3.63, 3.8) is 0 Å². The molecular formula is C11H16NO+. The molecule has 0 unspecified atom stereocenters. The number of quaternary nitrogens is 1. The molecule has 2 nitrogen and oxygen atoms in total. The van der Waals surface area contributed by atoms with E-state index in [1.807, 2.05) is 6.07 Å². The van der Waals surface area contributed by atoms with E-state index in [0.29, 0.717) is 0 Å². The molecule has 13 heavy (non-hydrogen) atoms. The number of methoxy groups -OCH3 is 1. The van der Waals surface area contributed by atoms with Crippen LogP contribution in [-0.4, -0.2) is 27.7 Å². The fraction of sp³-hybridized carbons (Fsp3) is 0.455. The van der Waals surface area contributed by atoms with Gasteiger partial charge in [0.2, 0.25) is 0 Å². The van der Waals surface area contributed by atoms with E-state index in [2.05, 4.69) is 26.2 Å². The molecule has 0 aliphatic carbocycles. The number of rotatable bonds is 1. The average Bonchev–Trinajstić information content (AvgIpc) is 2.43. The predicted molar refractivity (Wildman–Crippen MR) is 55.2 cm³/mol. The Labute approximate surface area is 79.3 Å². The smallest absolute Gasteiger partial charge is 0.139 e. The minimum absolute atomic E-state index is 0.979. The largest absolute Gasteiger partial charge is 0.496 e. The number of ether oxygens (including phenoxy) is 1. The van der Waals surface area contributed by atoms with Crippen LogP contribution in [0.1, 0.15) is 5.56 Å². The van der Waals surface area contributed by atoms with Crippen molar-refractivity contribution in [3.05, 3.63) is 23.8 Å². The lowest BCUT2D eigenvalue weighted by molar-refractivity contribution is 0.411. The molecule has 0 aromatic heterocycles. The summed E-state index contributed by atoms with van der Waals surface area (Å²) in [4.78, 5) is 0. The van der Waals surface area contributed by atoms with Gasteiger partial charge in [-0.25, -0.2) is 0 Å². The Morgan fingerprint density at radius 1 is 1.31 bits per heavy atom. The number of benzene rings is 1. The summed E-state index contributed by atoms with van der Waals surface area (Å²) >= 11 is 0. The van der Waals surface area contributed by atoms with E-state index in [9.17, 15) is 0 Å². The molecule has 2 heteroatoms. The highest BCUT2D eigenvalue weighted by molar-refractivity contribution is 5.59. The van der Waals surface area contributed by atoms with Crippen molar-refractivity contribution >= 4 is 5.69 Å². The second kappa shape index (κ2) is 2.74. The number of nitrogens with zero attached hydrogens (tertiary/aromatic N) is 1. The minimum atomic E-state index is 0.979. The summed E-state index contributed by atoms with van der Waals surface area (Å²) in [5.41, 5.74) is 2.79. The standard InChI is InChI=1S/C11H16NO/c1-12(2)8-7-9-10(12)5-4-6-11(9)13-3/h4-6H,7-8H2,1-3H3/q+1. The summed E-state index contributed by atoms with van der Waals surface area (Å²) in [7, 11) is 6.23. The third-order valence-corrected chi connectivity index (χ3v) is 2.90. The first kappa shape index (κ1) is 8.57. The van der Waals surface area contributed by atoms with E-state index in [-0.39, 0.29) is 0 Å². The maximum atomic E-state index is 5.34. The Hall–Kier alpha value is -1.02. The highest BCUT2D eigenvalue weighted by Crippen LogP contribution is 2.37. The predicted octanol–water partition coefficient (Wildman–Crippen LogP) is 1.82. The topological polar surface area (TPSA) is 9.23 Å². The molecule has 2 rings (SSSR count). The Bertz CT molecular complexity index is 331. The Kier molecular flexibility index (Phi) is 1.81. The molecule has 0 fully saturated rings. The molecule has 0 saturated carbocycles. The summed E-state index contributed by atoms with van der Waals surface area (Å²) in [5.74, 6) is 1.04. The van der Waals surface area contributed by atoms with Gasteiger partial charge in [0.25, 0.3) is 0 Å². The van der Waals surface area contributed by atoms with E-state index in [1.165, 1.54) is 17.8 Å². The van der Waals surface area contributed by atoms with Gasteiger partial charge in [0.1, 0.15) is 11.4 Å². The van der Waals surface area contributed by atoms with E-state index in [1.54, 1.807) is 7.11 Å². The van der Waals surface area contributed by atoms with E-state index in [0.717, 1.165) is 16.7 Å². The van der Waals surface area contributed by atoms with Crippen molar-refractivity contribution in [1.29, 1.82) is 0 Å². The van der Waals surface area contributed by atoms with Crippen molar-refractivity contribution < 1.29 is 4.74 Å². The van der Waals surface area contributed by atoms with Crippen LogP contribution < -0.4 is 9.22 Å². The molecule has 0 spiro atoms. The van der Waals surface area contributed by atoms with Gasteiger partial charge in [-0.3, -0.25) is 4.48 Å². The number of fused-ring (bicyclic) bond motifs is 1. The number of hydrogen-bond donors (Lipinski definition) is 0. The van der Waals surface area contributed by atoms with Gasteiger partial charge in [-0.2, -0.15) is 0 Å². The molecule has 1 aromatic rings. The monoisotopic (exact) mass is 178 g/mol. The van der Waals surface area contributed by atoms with Gasteiger partial charge in [-0.1, -0.05) is 6.07 Å². The van der Waals surface area contributed by atoms with Gasteiger partial charge in [-0.05, 0) is 12.1 Å². The van der Waals surface area contributed by atoms with Gasteiger partial charge in [0.05, 0.1) is 33.3 Å². The summed E-state index contributed by atoms with van der Waals surface area (Å²) in [6.45, 7) is 1.18. The normalized spacial score (nSPS) is 18.4. The van der Waals surface area contributed by atoms with Crippen LogP contribution in [0, 0.1) is 0 Å². The molecule has 0 radical (unpaired) electrons. The molecule has 1 aliphatic rings. The van der Waals surface area contributed by atoms with Crippen molar-refractivity contribution in [3.8, 4) is 5.75 Å². The van der Waals surface area contributed by atoms with Crippen LogP contribution in [0.4, 0.5) is 5.69 Å². The van der Waals surface area contributed by atoms with Gasteiger partial charge in [0, 0.05) is 6.42 Å². The Balaban J connectivity index is 2.56. The lowest BCUT2D eigenvalue weighted by atomic mass is 10.1. The molecule has 0 saturated heterocycles. The molecule has 70 valence electrons. The van der Waals surface area contributed by atoms with Crippen LogP contribution >= 0.6 is 0 Å². The highest BCUT2D eigenvalue weighted by atomic mass is 16.5. The molecule has 1 aliphatic heterocycles. The van der Waals surface area contributed by atoms with Gasteiger partial charge in [0.15, 0.2) is 0 Å². The summed E-state index contributed by atoms with van der Waals surface area (Å²) in [6, 6.07) is 6.32. The first-order chi connectivity index (χ1) is 6.15. The SMILES string of the molecule is COc1cccc2c1CC[N+]2(C)C. The van der Waals surface area contributed by atoms with Crippen LogP contribution in [0.25, 0.3) is 0 Å². The second-order valence-corrected chi connectivity index (χ2v) is 4.12. The number of likely N-dealkylation sites (N-methyl/N-ethyl adjacent to an activating group) is 1. The molecule has 1 aromatic carbocycles. The first-order valence-electron chi connectivity index (χ1n) is 4.64. The fourth-order valence-corrected chi connectivity index (χ4v) is 2.08. The third kappa shape index (κ3) is 1.22. The summed E-state index contributed by atoms with van der Waals surface area (Å²) in [5, 5.41) is 0. The lowest BCUT2D eigenvalue weighted by Crippen LogP contribution is -2.37. The van der Waals surface area contributed by atoms with Gasteiger partial charge < -0.3 is 4.74 Å². The average molecular weight is 178 g/mol. The Morgan fingerprint density at radius 3 is 2.77 bits per heavy atom. The molecule has 0 atom stereocenters. The van der Waals surface area contributed by atoms with Crippen molar-refractivity contribution in [1.82, 2.24) is 4.48 Å². The zero-order valence-corrected chi connectivity index (χ0v) is 8.50. The van der Waals surface area contributed by atoms with Crippen LogP contribution in [0.2, 0.25) is 0 Å². The lowest BCUT2D eigenvalue weighted by Gasteiger charge is -2.23. The molecular weight excluding hydrogens is 162 g/mol. The third-order valence-electron chi connectivity index (χ3n) is 2.90. The zero-order chi connectivity index (χ0) is 9.47. The van der Waals surface area contributed by atoms with Crippen molar-refractivity contribution in [2.24, 2.45) is 0 Å². The first-order valence-corrected chi connectivity index (χ1v) is 4.64. The number of hydrogen-bond acceptors (Lipinski definition) is 1. The van der Waals surface area contributed by atoms with Crippen LogP contribution in [0.3, 0.4) is 0 Å². The fourth-order valence-electron chi connectivity index (χ4n) is 2.08. The van der Waals surface area contributed by atoms with Crippen molar-refractivity contribution in [2.45, 2.75) is 6.42 Å². The maximum Gasteiger partial charge on any atom is 0.139 e. The highest BCUT2D eigenvalue weighted by Gasteiger charge is 2.31. The van der Waals surface area contributed by atoms with E-state index < -0.39 is 0 Å². The van der Waals surface area contributed by atoms with Crippen molar-refractivity contribution in [2.75, 3.05) is 27.7 Å². The van der Waals surface area contributed by atoms with E-state index in [4.69, 9.17) is 4.74 Å². The molecule has 0 amide bonds. The quantitative estimate of drug-likeness (QED) is 0.596. The van der Waals surface area contributed by atoms with E-state index >= 15 is 0 Å². The molecule has 0 bridgehead atoms. The van der Waals surface area contributed by atoms with Crippen LogP contribution in [0.5, 0.6) is 5.75 Å². The molecule has 1 heterocycles. The zero-order valence-electron chi connectivity index (χ0n) is 8.50. The van der Waals surface area contributed by atoms with Gasteiger partial charge >= 0.3 is 0 Å². The summed E-state index contributed by atoms with van der Waals surface area (Å²) < 4.78 is 6.32. The maximum absolute atomic E-state index is 5.34. The second-order valence-electron chi connectivity index (χ2n) is 4.12. The van der Waals surface area contributed by atoms with Crippen LogP contribution in [-0.2, 0) is 6.42 Å². The molecule has 0 N–H and O–H groups in total. The minimum Gasteiger partial charge on any atom is -0.496 e. The van der Waals surface area contributed by atoms with Gasteiger partial charge in [-0.15, -0.1) is 0 Å². The van der Waals surface area contributed by atoms with Crippen LogP contribution in [0.15, 0.2) is 18.2 Å².